The maximum absolute atomic E-state index is 13.8. The van der Waals surface area contributed by atoms with Crippen LogP contribution in [-0.4, -0.2) is 12.0 Å². The van der Waals surface area contributed by atoms with E-state index in [-0.39, 0.29) is 18.2 Å². The maximum Gasteiger partial charge on any atom is 0.523 e. The highest BCUT2D eigenvalue weighted by Gasteiger charge is 2.41. The van der Waals surface area contributed by atoms with E-state index in [2.05, 4.69) is 4.74 Å². The summed E-state index contributed by atoms with van der Waals surface area (Å²) < 4.78 is 56.6. The maximum atomic E-state index is 13.8. The molecule has 0 aliphatic heterocycles. The smallest absolute Gasteiger partial charge is 0.277 e. The average Bonchev–Trinajstić information content (AvgIpc) is 2.52. The van der Waals surface area contributed by atoms with Gasteiger partial charge in [-0.05, 0) is 24.5 Å². The van der Waals surface area contributed by atoms with Gasteiger partial charge in [0, 0.05) is 5.92 Å². The Bertz CT molecular complexity index is 575. The molecule has 1 aliphatic carbocycles. The Balaban J connectivity index is 2.14. The quantitative estimate of drug-likeness (QED) is 0.322. The van der Waals surface area contributed by atoms with Crippen LogP contribution in [0.3, 0.4) is 0 Å². The van der Waals surface area contributed by atoms with E-state index >= 15 is 0 Å². The predicted molar refractivity (Wildman–Crippen MR) is 86.1 cm³/mol. The Morgan fingerprint density at radius 3 is 2.29 bits per heavy atom. The zero-order valence-electron chi connectivity index (χ0n) is 13.7. The number of benzene rings is 1. The molecule has 0 radical (unpaired) electrons. The Kier molecular flexibility index (Phi) is 6.21. The van der Waals surface area contributed by atoms with Gasteiger partial charge in [0.2, 0.25) is 0 Å². The second-order valence-electron chi connectivity index (χ2n) is 6.08. The third-order valence-electron chi connectivity index (χ3n) is 4.16. The molecule has 0 heterocycles. The number of halogens is 4. The van der Waals surface area contributed by atoms with Crippen molar-refractivity contribution >= 4 is 0 Å². The SMILES string of the molecule is CCCCCCC1(OC(F)(F)F)C=CC(c2ccccc2F)C=C1. The summed E-state index contributed by atoms with van der Waals surface area (Å²) in [5.41, 5.74) is -1.05. The van der Waals surface area contributed by atoms with Crippen molar-refractivity contribution in [3.8, 4) is 0 Å². The molecule has 0 fully saturated rings. The van der Waals surface area contributed by atoms with E-state index in [4.69, 9.17) is 0 Å². The Morgan fingerprint density at radius 1 is 1.04 bits per heavy atom. The van der Waals surface area contributed by atoms with Crippen LogP contribution in [-0.2, 0) is 4.74 Å². The average molecular weight is 342 g/mol. The molecule has 0 saturated heterocycles. The van der Waals surface area contributed by atoms with Crippen molar-refractivity contribution in [2.75, 3.05) is 0 Å². The Labute approximate surface area is 140 Å². The molecule has 24 heavy (non-hydrogen) atoms. The summed E-state index contributed by atoms with van der Waals surface area (Å²) in [6.45, 7) is 2.04. The van der Waals surface area contributed by atoms with Crippen molar-refractivity contribution in [2.45, 2.75) is 56.9 Å². The molecule has 1 aliphatic rings. The number of allylic oxidation sites excluding steroid dienone is 2. The standard InChI is InChI=1S/C19H22F4O/c1-2-3-4-7-12-18(24-19(21,22)23)13-10-15(11-14-18)16-8-5-6-9-17(16)20/h5-6,8-11,13-15H,2-4,7,12H2,1H3. The normalized spacial score (nSPS) is 23.6. The van der Waals surface area contributed by atoms with Crippen LogP contribution in [0.15, 0.2) is 48.6 Å². The highest BCUT2D eigenvalue weighted by Crippen LogP contribution is 2.37. The van der Waals surface area contributed by atoms with Gasteiger partial charge in [0.15, 0.2) is 0 Å². The van der Waals surface area contributed by atoms with Gasteiger partial charge in [0.25, 0.3) is 0 Å². The molecule has 1 aromatic rings. The van der Waals surface area contributed by atoms with Crippen LogP contribution in [0.4, 0.5) is 17.6 Å². The van der Waals surface area contributed by atoms with E-state index in [0.29, 0.717) is 12.0 Å². The minimum absolute atomic E-state index is 0.253. The fourth-order valence-corrected chi connectivity index (χ4v) is 2.93. The third-order valence-corrected chi connectivity index (χ3v) is 4.16. The first kappa shape index (κ1) is 18.7. The summed E-state index contributed by atoms with van der Waals surface area (Å²) in [7, 11) is 0. The van der Waals surface area contributed by atoms with Gasteiger partial charge in [0.1, 0.15) is 11.4 Å². The number of rotatable bonds is 7. The van der Waals surface area contributed by atoms with E-state index in [1.54, 1.807) is 30.4 Å². The first-order valence-corrected chi connectivity index (χ1v) is 8.25. The molecule has 0 amide bonds. The van der Waals surface area contributed by atoms with Gasteiger partial charge in [-0.2, -0.15) is 0 Å². The summed E-state index contributed by atoms with van der Waals surface area (Å²) in [6, 6.07) is 6.27. The molecule has 0 unspecified atom stereocenters. The van der Waals surface area contributed by atoms with Crippen molar-refractivity contribution in [3.05, 3.63) is 60.0 Å². The lowest BCUT2D eigenvalue weighted by Gasteiger charge is -2.32. The lowest BCUT2D eigenvalue weighted by molar-refractivity contribution is -0.351. The molecule has 2 rings (SSSR count). The molecular formula is C19H22F4O. The summed E-state index contributed by atoms with van der Waals surface area (Å²) in [5, 5.41) is 0. The third kappa shape index (κ3) is 5.20. The summed E-state index contributed by atoms with van der Waals surface area (Å²) in [5.74, 6) is -0.754. The molecule has 0 N–H and O–H groups in total. The largest absolute Gasteiger partial charge is 0.523 e. The first-order valence-electron chi connectivity index (χ1n) is 8.25. The van der Waals surface area contributed by atoms with E-state index in [1.807, 2.05) is 6.92 Å². The van der Waals surface area contributed by atoms with Crippen molar-refractivity contribution in [2.24, 2.45) is 0 Å². The molecular weight excluding hydrogens is 320 g/mol. The lowest BCUT2D eigenvalue weighted by atomic mass is 9.85. The van der Waals surface area contributed by atoms with Gasteiger partial charge in [-0.3, -0.25) is 4.74 Å². The predicted octanol–water partition coefficient (Wildman–Crippen LogP) is 6.28. The van der Waals surface area contributed by atoms with Crippen LogP contribution in [0, 0.1) is 5.82 Å². The Morgan fingerprint density at radius 2 is 1.71 bits per heavy atom. The van der Waals surface area contributed by atoms with Gasteiger partial charge in [-0.1, -0.05) is 68.7 Å². The lowest BCUT2D eigenvalue weighted by Crippen LogP contribution is -2.36. The Hall–Kier alpha value is -1.62. The summed E-state index contributed by atoms with van der Waals surface area (Å²) >= 11 is 0. The minimum Gasteiger partial charge on any atom is -0.277 e. The second-order valence-corrected chi connectivity index (χ2v) is 6.08. The van der Waals surface area contributed by atoms with Crippen molar-refractivity contribution < 1.29 is 22.3 Å². The molecule has 1 aromatic carbocycles. The molecule has 0 saturated carbocycles. The molecule has 0 atom stereocenters. The van der Waals surface area contributed by atoms with Gasteiger partial charge < -0.3 is 0 Å². The number of alkyl halides is 3. The van der Waals surface area contributed by atoms with Crippen molar-refractivity contribution in [1.29, 1.82) is 0 Å². The minimum atomic E-state index is -4.72. The first-order chi connectivity index (χ1) is 11.4. The molecule has 5 heteroatoms. The van der Waals surface area contributed by atoms with Crippen LogP contribution in [0.2, 0.25) is 0 Å². The molecule has 0 aromatic heterocycles. The molecule has 132 valence electrons. The van der Waals surface area contributed by atoms with Crippen LogP contribution < -0.4 is 0 Å². The molecule has 1 nitrogen and oxygen atoms in total. The van der Waals surface area contributed by atoms with E-state index < -0.39 is 12.0 Å². The topological polar surface area (TPSA) is 9.23 Å². The van der Waals surface area contributed by atoms with Crippen LogP contribution >= 0.6 is 0 Å². The summed E-state index contributed by atoms with van der Waals surface area (Å²) in [6.07, 6.45) is 5.04. The van der Waals surface area contributed by atoms with E-state index in [1.165, 1.54) is 18.2 Å². The molecule has 0 spiro atoms. The monoisotopic (exact) mass is 342 g/mol. The van der Waals surface area contributed by atoms with Gasteiger partial charge in [0.05, 0.1) is 0 Å². The number of unbranched alkanes of at least 4 members (excludes halogenated alkanes) is 3. The number of ether oxygens (including phenoxy) is 1. The molecule has 0 bridgehead atoms. The van der Waals surface area contributed by atoms with Crippen molar-refractivity contribution in [1.82, 2.24) is 0 Å². The van der Waals surface area contributed by atoms with E-state index in [9.17, 15) is 17.6 Å². The summed E-state index contributed by atoms with van der Waals surface area (Å²) in [4.78, 5) is 0. The highest BCUT2D eigenvalue weighted by atomic mass is 19.4. The zero-order chi connectivity index (χ0) is 17.6. The fourth-order valence-electron chi connectivity index (χ4n) is 2.93. The second kappa shape index (κ2) is 7.97. The number of hydrogen-bond donors (Lipinski definition) is 0. The fraction of sp³-hybridized carbons (Fsp3) is 0.474. The van der Waals surface area contributed by atoms with Crippen LogP contribution in [0.5, 0.6) is 0 Å². The highest BCUT2D eigenvalue weighted by molar-refractivity contribution is 5.36. The van der Waals surface area contributed by atoms with Crippen LogP contribution in [0.25, 0.3) is 0 Å². The number of hydrogen-bond acceptors (Lipinski definition) is 1. The zero-order valence-corrected chi connectivity index (χ0v) is 13.7. The van der Waals surface area contributed by atoms with Gasteiger partial charge in [-0.15, -0.1) is 13.2 Å². The van der Waals surface area contributed by atoms with Gasteiger partial charge in [-0.25, -0.2) is 4.39 Å². The van der Waals surface area contributed by atoms with Gasteiger partial charge >= 0.3 is 6.36 Å². The van der Waals surface area contributed by atoms with Crippen molar-refractivity contribution in [3.63, 3.8) is 0 Å². The van der Waals surface area contributed by atoms with E-state index in [0.717, 1.165) is 19.3 Å². The van der Waals surface area contributed by atoms with Crippen LogP contribution in [0.1, 0.15) is 50.5 Å².